The van der Waals surface area contributed by atoms with Gasteiger partial charge in [-0.15, -0.1) is 0 Å². The van der Waals surface area contributed by atoms with Crippen LogP contribution in [0.2, 0.25) is 0 Å². The summed E-state index contributed by atoms with van der Waals surface area (Å²) in [6.45, 7) is 1.75. The highest BCUT2D eigenvalue weighted by molar-refractivity contribution is 7.99. The summed E-state index contributed by atoms with van der Waals surface area (Å²) < 4.78 is 0. The third-order valence-electron chi connectivity index (χ3n) is 3.33. The third kappa shape index (κ3) is 2.12. The Balaban J connectivity index is 1.93. The largest absolute Gasteiger partial charge is 0.361 e. The van der Waals surface area contributed by atoms with Gasteiger partial charge in [-0.3, -0.25) is 4.79 Å². The lowest BCUT2D eigenvalue weighted by Gasteiger charge is -2.20. The Kier molecular flexibility index (Phi) is 3.28. The molecule has 3 rings (SSSR count). The van der Waals surface area contributed by atoms with Crippen LogP contribution in [0.4, 0.5) is 0 Å². The lowest BCUT2D eigenvalue weighted by molar-refractivity contribution is 0.0770. The summed E-state index contributed by atoms with van der Waals surface area (Å²) in [6.07, 6.45) is 2.99. The molecule has 2 heterocycles. The van der Waals surface area contributed by atoms with Gasteiger partial charge in [-0.25, -0.2) is 0 Å². The van der Waals surface area contributed by atoms with Crippen LogP contribution in [0.3, 0.4) is 0 Å². The molecule has 1 aromatic heterocycles. The number of carbonyl (C=O) groups is 1. The van der Waals surface area contributed by atoms with Gasteiger partial charge >= 0.3 is 0 Å². The Morgan fingerprint density at radius 3 is 3.11 bits per heavy atom. The maximum absolute atomic E-state index is 12.6. The van der Waals surface area contributed by atoms with Crippen molar-refractivity contribution < 1.29 is 4.79 Å². The molecule has 0 radical (unpaired) electrons. The summed E-state index contributed by atoms with van der Waals surface area (Å²) in [5.41, 5.74) is 1.85. The average Bonchev–Trinajstić information content (AvgIpc) is 2.71. The number of nitrogens with one attached hydrogen (secondary N) is 1. The van der Waals surface area contributed by atoms with Crippen molar-refractivity contribution >= 4 is 28.6 Å². The van der Waals surface area contributed by atoms with Crippen molar-refractivity contribution in [2.24, 2.45) is 0 Å². The minimum Gasteiger partial charge on any atom is -0.361 e. The molecule has 2 aromatic rings. The molecule has 0 aliphatic carbocycles. The molecule has 1 aliphatic heterocycles. The second-order valence-electron chi connectivity index (χ2n) is 4.50. The second-order valence-corrected chi connectivity index (χ2v) is 5.73. The Morgan fingerprint density at radius 2 is 2.17 bits per heavy atom. The number of amides is 1. The number of aromatic amines is 1. The number of fused-ring (bicyclic) bond motifs is 1. The lowest BCUT2D eigenvalue weighted by atomic mass is 10.1. The standard InChI is InChI=1S/C14H16N2OS/c17-14(16-7-2-9-18-10-8-16)12-3-1-4-13-11(12)5-6-15-13/h1,3-6,15H,2,7-10H2. The van der Waals surface area contributed by atoms with Gasteiger partial charge in [-0.05, 0) is 30.4 Å². The third-order valence-corrected chi connectivity index (χ3v) is 4.38. The molecule has 18 heavy (non-hydrogen) atoms. The Hall–Kier alpha value is -1.42. The van der Waals surface area contributed by atoms with Crippen LogP contribution < -0.4 is 0 Å². The van der Waals surface area contributed by atoms with Crippen LogP contribution in [0.1, 0.15) is 16.8 Å². The normalized spacial score (nSPS) is 16.8. The van der Waals surface area contributed by atoms with Crippen LogP contribution in [-0.4, -0.2) is 40.4 Å². The Bertz CT molecular complexity index is 556. The first kappa shape index (κ1) is 11.7. The molecule has 94 valence electrons. The summed E-state index contributed by atoms with van der Waals surface area (Å²) in [6, 6.07) is 7.86. The molecule has 0 unspecified atom stereocenters. The van der Waals surface area contributed by atoms with Crippen molar-refractivity contribution in [3.05, 3.63) is 36.0 Å². The van der Waals surface area contributed by atoms with Gasteiger partial charge in [-0.2, -0.15) is 11.8 Å². The number of rotatable bonds is 1. The van der Waals surface area contributed by atoms with Gasteiger partial charge in [0.2, 0.25) is 0 Å². The van der Waals surface area contributed by atoms with Crippen molar-refractivity contribution in [2.75, 3.05) is 24.6 Å². The first-order valence-corrected chi connectivity index (χ1v) is 7.45. The molecule has 1 saturated heterocycles. The molecule has 1 fully saturated rings. The van der Waals surface area contributed by atoms with Crippen molar-refractivity contribution in [3.8, 4) is 0 Å². The van der Waals surface area contributed by atoms with Crippen molar-refractivity contribution in [3.63, 3.8) is 0 Å². The molecule has 1 amide bonds. The van der Waals surface area contributed by atoms with Crippen LogP contribution >= 0.6 is 11.8 Å². The Labute approximate surface area is 111 Å². The van der Waals surface area contributed by atoms with Crippen molar-refractivity contribution in [1.29, 1.82) is 0 Å². The zero-order chi connectivity index (χ0) is 12.4. The van der Waals surface area contributed by atoms with Crippen LogP contribution in [0.15, 0.2) is 30.5 Å². The number of aromatic nitrogens is 1. The summed E-state index contributed by atoms with van der Waals surface area (Å²) in [4.78, 5) is 17.7. The van der Waals surface area contributed by atoms with Crippen molar-refractivity contribution in [2.45, 2.75) is 6.42 Å². The monoisotopic (exact) mass is 260 g/mol. The van der Waals surface area contributed by atoms with E-state index in [0.717, 1.165) is 47.5 Å². The molecule has 3 nitrogen and oxygen atoms in total. The molecule has 1 N–H and O–H groups in total. The van der Waals surface area contributed by atoms with Crippen LogP contribution in [0.25, 0.3) is 10.9 Å². The van der Waals surface area contributed by atoms with E-state index in [-0.39, 0.29) is 5.91 Å². The molecule has 1 aliphatic rings. The van der Waals surface area contributed by atoms with E-state index in [9.17, 15) is 4.79 Å². The summed E-state index contributed by atoms with van der Waals surface area (Å²) in [7, 11) is 0. The summed E-state index contributed by atoms with van der Waals surface area (Å²) >= 11 is 1.94. The molecule has 1 aromatic carbocycles. The first-order chi connectivity index (χ1) is 8.86. The van der Waals surface area contributed by atoms with Gasteiger partial charge < -0.3 is 9.88 Å². The minimum absolute atomic E-state index is 0.169. The summed E-state index contributed by atoms with van der Waals surface area (Å²) in [5.74, 6) is 2.38. The Morgan fingerprint density at radius 1 is 1.22 bits per heavy atom. The van der Waals surface area contributed by atoms with E-state index in [1.54, 1.807) is 0 Å². The molecule has 0 bridgehead atoms. The molecule has 4 heteroatoms. The van der Waals surface area contributed by atoms with Gasteiger partial charge in [0.15, 0.2) is 0 Å². The highest BCUT2D eigenvalue weighted by Crippen LogP contribution is 2.20. The second kappa shape index (κ2) is 5.06. The van der Waals surface area contributed by atoms with Gasteiger partial charge in [0.25, 0.3) is 5.91 Å². The van der Waals surface area contributed by atoms with E-state index in [0.29, 0.717) is 0 Å². The molecular formula is C14H16N2OS. The first-order valence-electron chi connectivity index (χ1n) is 6.29. The highest BCUT2D eigenvalue weighted by Gasteiger charge is 2.19. The van der Waals surface area contributed by atoms with Gasteiger partial charge in [0, 0.05) is 41.5 Å². The predicted molar refractivity (Wildman–Crippen MR) is 76.1 cm³/mol. The van der Waals surface area contributed by atoms with E-state index in [4.69, 9.17) is 0 Å². The molecule has 0 saturated carbocycles. The number of H-pyrrole nitrogens is 1. The van der Waals surface area contributed by atoms with E-state index >= 15 is 0 Å². The highest BCUT2D eigenvalue weighted by atomic mass is 32.2. The predicted octanol–water partition coefficient (Wildman–Crippen LogP) is 2.75. The maximum atomic E-state index is 12.6. The smallest absolute Gasteiger partial charge is 0.254 e. The molecule has 0 atom stereocenters. The fourth-order valence-electron chi connectivity index (χ4n) is 2.39. The quantitative estimate of drug-likeness (QED) is 0.856. The number of thioether (sulfide) groups is 1. The van der Waals surface area contributed by atoms with Crippen LogP contribution in [0.5, 0.6) is 0 Å². The van der Waals surface area contributed by atoms with Gasteiger partial charge in [0.1, 0.15) is 0 Å². The van der Waals surface area contributed by atoms with E-state index in [1.807, 2.05) is 47.1 Å². The maximum Gasteiger partial charge on any atom is 0.254 e. The lowest BCUT2D eigenvalue weighted by Crippen LogP contribution is -2.33. The van der Waals surface area contributed by atoms with Crippen LogP contribution in [0, 0.1) is 0 Å². The zero-order valence-electron chi connectivity index (χ0n) is 10.2. The van der Waals surface area contributed by atoms with E-state index in [2.05, 4.69) is 4.98 Å². The summed E-state index contributed by atoms with van der Waals surface area (Å²) in [5, 5.41) is 1.03. The fourth-order valence-corrected chi connectivity index (χ4v) is 3.28. The number of benzene rings is 1. The number of carbonyl (C=O) groups excluding carboxylic acids is 1. The molecular weight excluding hydrogens is 244 g/mol. The minimum atomic E-state index is 0.169. The molecule has 0 spiro atoms. The van der Waals surface area contributed by atoms with Gasteiger partial charge in [0.05, 0.1) is 0 Å². The topological polar surface area (TPSA) is 36.1 Å². The zero-order valence-corrected chi connectivity index (χ0v) is 11.0. The SMILES string of the molecule is O=C(c1cccc2[nH]ccc12)N1CCCSCC1. The van der Waals surface area contributed by atoms with Crippen molar-refractivity contribution in [1.82, 2.24) is 9.88 Å². The van der Waals surface area contributed by atoms with Crippen LogP contribution in [-0.2, 0) is 0 Å². The fraction of sp³-hybridized carbons (Fsp3) is 0.357. The number of hydrogen-bond acceptors (Lipinski definition) is 2. The average molecular weight is 260 g/mol. The van der Waals surface area contributed by atoms with E-state index < -0.39 is 0 Å². The van der Waals surface area contributed by atoms with E-state index in [1.165, 1.54) is 0 Å². The number of hydrogen-bond donors (Lipinski definition) is 1. The van der Waals surface area contributed by atoms with Gasteiger partial charge in [-0.1, -0.05) is 6.07 Å². The number of nitrogens with zero attached hydrogens (tertiary/aromatic N) is 1.